The third kappa shape index (κ3) is 4.82. The molecule has 1 amide bonds. The molecule has 0 spiro atoms. The molecule has 1 fully saturated rings. The van der Waals surface area contributed by atoms with Gasteiger partial charge < -0.3 is 13.9 Å². The molecule has 3 aromatic carbocycles. The predicted molar refractivity (Wildman–Crippen MR) is 157 cm³/mol. The number of benzene rings is 3. The van der Waals surface area contributed by atoms with Crippen LogP contribution in [0.1, 0.15) is 11.1 Å². The van der Waals surface area contributed by atoms with E-state index in [-0.39, 0.29) is 5.91 Å². The summed E-state index contributed by atoms with van der Waals surface area (Å²) in [6.45, 7) is 0.380. The van der Waals surface area contributed by atoms with E-state index < -0.39 is 0 Å². The van der Waals surface area contributed by atoms with Gasteiger partial charge in [-0.25, -0.2) is 4.68 Å². The van der Waals surface area contributed by atoms with Crippen molar-refractivity contribution in [1.82, 2.24) is 14.7 Å². The van der Waals surface area contributed by atoms with Crippen LogP contribution in [0.25, 0.3) is 34.2 Å². The summed E-state index contributed by atoms with van der Waals surface area (Å²) < 4.78 is 19.2. The fraction of sp³-hybridized carbons (Fsp3) is 0.100. The van der Waals surface area contributed by atoms with Gasteiger partial charge in [-0.3, -0.25) is 9.69 Å². The second-order valence-corrected chi connectivity index (χ2v) is 10.5. The Morgan fingerprint density at radius 2 is 1.79 bits per heavy atom. The smallest absolute Gasteiger partial charge is 0.266 e. The van der Waals surface area contributed by atoms with Gasteiger partial charge in [0.25, 0.3) is 5.91 Å². The molecule has 39 heavy (non-hydrogen) atoms. The maximum Gasteiger partial charge on any atom is 0.266 e. The lowest BCUT2D eigenvalue weighted by Gasteiger charge is -2.14. The van der Waals surface area contributed by atoms with Gasteiger partial charge in [-0.15, -0.1) is 0 Å². The Morgan fingerprint density at radius 3 is 2.54 bits per heavy atom. The number of carbonyl (C=O) groups excluding carboxylic acids is 1. The van der Waals surface area contributed by atoms with Crippen LogP contribution < -0.4 is 9.47 Å². The summed E-state index contributed by atoms with van der Waals surface area (Å²) in [7, 11) is 3.23. The Labute approximate surface area is 234 Å². The van der Waals surface area contributed by atoms with Crippen molar-refractivity contribution in [2.24, 2.45) is 0 Å². The molecule has 194 valence electrons. The second kappa shape index (κ2) is 10.4. The molecule has 0 unspecified atom stereocenters. The molecule has 1 saturated heterocycles. The standard InChI is InChI=1S/C30H23N3O4S2/c1-35-23-13-11-19(12-14-23)17-32-29(34)26(39-30(32)38)16-21-18-33(22-8-4-3-5-9-22)31-27(21)25-15-20-7-6-10-24(36-2)28(20)37-25/h3-16,18H,17H2,1-2H3/b26-16-. The SMILES string of the molecule is COc1ccc(CN2C(=O)/C(=C/c3cn(-c4ccccc4)nc3-c3cc4cccc(OC)c4o3)SC2=S)cc1. The highest BCUT2D eigenvalue weighted by atomic mass is 32.2. The molecule has 0 N–H and O–H groups in total. The minimum atomic E-state index is -0.148. The number of hydrogen-bond donors (Lipinski definition) is 0. The predicted octanol–water partition coefficient (Wildman–Crippen LogP) is 6.70. The Balaban J connectivity index is 1.39. The second-order valence-electron chi connectivity index (χ2n) is 8.82. The van der Waals surface area contributed by atoms with Crippen LogP contribution in [0.5, 0.6) is 11.5 Å². The molecule has 5 aromatic rings. The van der Waals surface area contributed by atoms with Crippen LogP contribution >= 0.6 is 24.0 Å². The number of amides is 1. The maximum absolute atomic E-state index is 13.5. The average molecular weight is 554 g/mol. The first kappa shape index (κ1) is 25.0. The lowest BCUT2D eigenvalue weighted by Crippen LogP contribution is -2.27. The monoisotopic (exact) mass is 553 g/mol. The molecular formula is C30H23N3O4S2. The normalized spacial score (nSPS) is 14.5. The summed E-state index contributed by atoms with van der Waals surface area (Å²) in [5.41, 5.74) is 3.83. The van der Waals surface area contributed by atoms with Crippen molar-refractivity contribution in [3.63, 3.8) is 0 Å². The fourth-order valence-electron chi connectivity index (χ4n) is 4.40. The molecule has 0 atom stereocenters. The zero-order valence-electron chi connectivity index (χ0n) is 21.2. The van der Waals surface area contributed by atoms with Crippen LogP contribution in [0.3, 0.4) is 0 Å². The molecule has 0 bridgehead atoms. The number of fused-ring (bicyclic) bond motifs is 1. The first-order valence-corrected chi connectivity index (χ1v) is 13.4. The quantitative estimate of drug-likeness (QED) is 0.164. The highest BCUT2D eigenvalue weighted by Gasteiger charge is 2.32. The van der Waals surface area contributed by atoms with E-state index in [0.29, 0.717) is 38.6 Å². The van der Waals surface area contributed by atoms with Gasteiger partial charge >= 0.3 is 0 Å². The number of rotatable bonds is 7. The Kier molecular flexibility index (Phi) is 6.68. The summed E-state index contributed by atoms with van der Waals surface area (Å²) in [6, 6.07) is 25.1. The number of aromatic nitrogens is 2. The number of thiocarbonyl (C=S) groups is 1. The molecule has 1 aliphatic heterocycles. The minimum Gasteiger partial charge on any atom is -0.497 e. The lowest BCUT2D eigenvalue weighted by atomic mass is 10.1. The summed E-state index contributed by atoms with van der Waals surface area (Å²) in [5.74, 6) is 1.83. The van der Waals surface area contributed by atoms with Gasteiger partial charge in [0.1, 0.15) is 15.8 Å². The minimum absolute atomic E-state index is 0.148. The van der Waals surface area contributed by atoms with Crippen molar-refractivity contribution < 1.29 is 18.7 Å². The van der Waals surface area contributed by atoms with E-state index in [1.54, 1.807) is 23.8 Å². The van der Waals surface area contributed by atoms with Crippen molar-refractivity contribution in [2.45, 2.75) is 6.54 Å². The van der Waals surface area contributed by atoms with Gasteiger partial charge in [-0.1, -0.05) is 66.4 Å². The fourth-order valence-corrected chi connectivity index (χ4v) is 5.65. The van der Waals surface area contributed by atoms with Crippen LogP contribution in [0, 0.1) is 0 Å². The van der Waals surface area contributed by atoms with Crippen LogP contribution in [0.4, 0.5) is 0 Å². The third-order valence-corrected chi connectivity index (χ3v) is 7.76. The zero-order chi connectivity index (χ0) is 26.9. The maximum atomic E-state index is 13.5. The number of ether oxygens (including phenoxy) is 2. The topological polar surface area (TPSA) is 69.7 Å². The molecule has 3 heterocycles. The zero-order valence-corrected chi connectivity index (χ0v) is 22.8. The van der Waals surface area contributed by atoms with Crippen molar-refractivity contribution in [1.29, 1.82) is 0 Å². The largest absolute Gasteiger partial charge is 0.497 e. The van der Waals surface area contributed by atoms with Crippen LogP contribution in [-0.2, 0) is 11.3 Å². The molecule has 0 saturated carbocycles. The molecule has 7 nitrogen and oxygen atoms in total. The Hall–Kier alpha value is -4.34. The van der Waals surface area contributed by atoms with Gasteiger partial charge in [0.2, 0.25) is 0 Å². The van der Waals surface area contributed by atoms with E-state index in [1.165, 1.54) is 11.8 Å². The molecule has 1 aliphatic rings. The van der Waals surface area contributed by atoms with Gasteiger partial charge in [0.15, 0.2) is 17.1 Å². The number of thioether (sulfide) groups is 1. The number of furan rings is 1. The molecule has 9 heteroatoms. The highest BCUT2D eigenvalue weighted by molar-refractivity contribution is 8.26. The van der Waals surface area contributed by atoms with E-state index >= 15 is 0 Å². The number of hydrogen-bond acceptors (Lipinski definition) is 7. The van der Waals surface area contributed by atoms with Gasteiger partial charge in [-0.2, -0.15) is 5.10 Å². The van der Waals surface area contributed by atoms with Gasteiger partial charge in [0.05, 0.1) is 31.4 Å². The van der Waals surface area contributed by atoms with E-state index in [4.69, 9.17) is 31.2 Å². The molecule has 0 radical (unpaired) electrons. The van der Waals surface area contributed by atoms with Gasteiger partial charge in [-0.05, 0) is 48.0 Å². The van der Waals surface area contributed by atoms with E-state index in [9.17, 15) is 4.79 Å². The van der Waals surface area contributed by atoms with Crippen LogP contribution in [-0.4, -0.2) is 39.1 Å². The highest BCUT2D eigenvalue weighted by Crippen LogP contribution is 2.38. The average Bonchev–Trinajstić information content (AvgIpc) is 3.66. The lowest BCUT2D eigenvalue weighted by molar-refractivity contribution is -0.122. The summed E-state index contributed by atoms with van der Waals surface area (Å²) in [5, 5.41) is 5.75. The molecule has 0 aliphatic carbocycles. The molecule has 2 aromatic heterocycles. The molecular weight excluding hydrogens is 530 g/mol. The van der Waals surface area contributed by atoms with Crippen molar-refractivity contribution >= 4 is 51.3 Å². The van der Waals surface area contributed by atoms with Crippen molar-refractivity contribution in [3.8, 4) is 28.6 Å². The Bertz CT molecular complexity index is 1720. The number of nitrogens with zero attached hydrogens (tertiary/aromatic N) is 3. The van der Waals surface area contributed by atoms with E-state index in [0.717, 1.165) is 28.0 Å². The van der Waals surface area contributed by atoms with Crippen molar-refractivity contribution in [2.75, 3.05) is 14.2 Å². The Morgan fingerprint density at radius 1 is 1.00 bits per heavy atom. The van der Waals surface area contributed by atoms with Gasteiger partial charge in [0, 0.05) is 17.1 Å². The summed E-state index contributed by atoms with van der Waals surface area (Å²) in [6.07, 6.45) is 3.73. The van der Waals surface area contributed by atoms with Crippen LogP contribution in [0.2, 0.25) is 0 Å². The van der Waals surface area contributed by atoms with E-state index in [1.807, 2.05) is 91.1 Å². The number of para-hydroxylation sites is 2. The first-order chi connectivity index (χ1) is 19.0. The van der Waals surface area contributed by atoms with E-state index in [2.05, 4.69) is 0 Å². The summed E-state index contributed by atoms with van der Waals surface area (Å²) in [4.78, 5) is 15.6. The summed E-state index contributed by atoms with van der Waals surface area (Å²) >= 11 is 6.87. The van der Waals surface area contributed by atoms with Crippen molar-refractivity contribution in [3.05, 3.63) is 101 Å². The first-order valence-electron chi connectivity index (χ1n) is 12.1. The number of methoxy groups -OCH3 is 2. The van der Waals surface area contributed by atoms with Crippen LogP contribution in [0.15, 0.2) is 94.4 Å². The molecule has 6 rings (SSSR count). The third-order valence-electron chi connectivity index (χ3n) is 6.38. The number of carbonyl (C=O) groups is 1.